The molecular formula is C5H5F3N. The van der Waals surface area contributed by atoms with E-state index in [9.17, 15) is 13.2 Å². The zero-order valence-corrected chi connectivity index (χ0v) is 4.52. The summed E-state index contributed by atoms with van der Waals surface area (Å²) in [6, 6.07) is -1.54. The first-order valence-corrected chi connectivity index (χ1v) is 2.50. The summed E-state index contributed by atoms with van der Waals surface area (Å²) in [6.45, 7) is 0.199. The Bertz CT molecular complexity index is 127. The molecule has 0 aromatic carbocycles. The number of hydrogen-bond donors (Lipinski definition) is 0. The van der Waals surface area contributed by atoms with E-state index in [0.717, 1.165) is 6.08 Å². The summed E-state index contributed by atoms with van der Waals surface area (Å²) in [4.78, 5) is 0. The molecule has 1 radical (unpaired) electrons. The van der Waals surface area contributed by atoms with Gasteiger partial charge in [0.25, 0.3) is 0 Å². The molecule has 1 nitrogen and oxygen atoms in total. The first kappa shape index (κ1) is 6.61. The zero-order valence-electron chi connectivity index (χ0n) is 4.52. The molecule has 1 unspecified atom stereocenters. The van der Waals surface area contributed by atoms with Crippen LogP contribution in [-0.2, 0) is 0 Å². The van der Waals surface area contributed by atoms with Crippen LogP contribution in [0.2, 0.25) is 0 Å². The van der Waals surface area contributed by atoms with Crippen LogP contribution < -0.4 is 5.32 Å². The Morgan fingerprint density at radius 1 is 1.44 bits per heavy atom. The van der Waals surface area contributed by atoms with Crippen LogP contribution in [0.1, 0.15) is 0 Å². The van der Waals surface area contributed by atoms with Gasteiger partial charge in [0.2, 0.25) is 0 Å². The minimum atomic E-state index is -4.17. The molecule has 1 aliphatic rings. The van der Waals surface area contributed by atoms with Crippen LogP contribution in [0.4, 0.5) is 13.2 Å². The van der Waals surface area contributed by atoms with E-state index in [1.54, 1.807) is 0 Å². The number of nitrogens with zero attached hydrogens (tertiary/aromatic N) is 1. The Hall–Kier alpha value is -0.510. The monoisotopic (exact) mass is 136 g/mol. The van der Waals surface area contributed by atoms with Crippen molar-refractivity contribution in [3.8, 4) is 0 Å². The summed E-state index contributed by atoms with van der Waals surface area (Å²) in [5, 5.41) is 3.27. The SMILES string of the molecule is FC(F)(F)C1C=CC[N]1. The minimum absolute atomic E-state index is 0.199. The summed E-state index contributed by atoms with van der Waals surface area (Å²) in [6.07, 6.45) is -1.69. The van der Waals surface area contributed by atoms with Crippen molar-refractivity contribution in [3.63, 3.8) is 0 Å². The Morgan fingerprint density at radius 3 is 2.33 bits per heavy atom. The van der Waals surface area contributed by atoms with Gasteiger partial charge in [-0.3, -0.25) is 0 Å². The molecule has 1 atom stereocenters. The lowest BCUT2D eigenvalue weighted by Gasteiger charge is -2.10. The highest BCUT2D eigenvalue weighted by Crippen LogP contribution is 2.23. The summed E-state index contributed by atoms with van der Waals surface area (Å²) >= 11 is 0. The van der Waals surface area contributed by atoms with E-state index in [4.69, 9.17) is 0 Å². The lowest BCUT2D eigenvalue weighted by Crippen LogP contribution is -2.32. The Kier molecular flexibility index (Phi) is 1.48. The summed E-state index contributed by atoms with van der Waals surface area (Å²) < 4.78 is 34.8. The second kappa shape index (κ2) is 2.02. The van der Waals surface area contributed by atoms with Crippen molar-refractivity contribution in [1.82, 2.24) is 5.32 Å². The van der Waals surface area contributed by atoms with Crippen molar-refractivity contribution in [2.45, 2.75) is 12.2 Å². The standard InChI is InChI=1S/C5H5F3N/c6-5(7,8)4-2-1-3-9-4/h1-2,4H,3H2. The molecule has 0 N–H and O–H groups in total. The van der Waals surface area contributed by atoms with Crippen LogP contribution in [0.5, 0.6) is 0 Å². The van der Waals surface area contributed by atoms with Gasteiger partial charge >= 0.3 is 6.18 Å². The lowest BCUT2D eigenvalue weighted by molar-refractivity contribution is -0.143. The molecule has 1 aliphatic heterocycles. The number of rotatable bonds is 0. The average molecular weight is 136 g/mol. The molecule has 0 aromatic heterocycles. The Labute approximate surface area is 50.6 Å². The average Bonchev–Trinajstić information content (AvgIpc) is 2.08. The minimum Gasteiger partial charge on any atom is -0.221 e. The molecule has 1 rings (SSSR count). The summed E-state index contributed by atoms with van der Waals surface area (Å²) in [5.41, 5.74) is 0. The number of halogens is 3. The molecule has 0 fully saturated rings. The normalized spacial score (nSPS) is 27.2. The van der Waals surface area contributed by atoms with Crippen LogP contribution in [0, 0.1) is 0 Å². The number of hydrogen-bond acceptors (Lipinski definition) is 0. The van der Waals surface area contributed by atoms with Gasteiger partial charge in [-0.15, -0.1) is 0 Å². The van der Waals surface area contributed by atoms with Crippen molar-refractivity contribution in [1.29, 1.82) is 0 Å². The summed E-state index contributed by atoms with van der Waals surface area (Å²) in [7, 11) is 0. The molecule has 0 saturated heterocycles. The zero-order chi connectivity index (χ0) is 6.91. The predicted octanol–water partition coefficient (Wildman–Crippen LogP) is 1.09. The molecule has 0 bridgehead atoms. The second-order valence-corrected chi connectivity index (χ2v) is 1.78. The van der Waals surface area contributed by atoms with Gasteiger partial charge in [-0.25, -0.2) is 5.32 Å². The highest BCUT2D eigenvalue weighted by atomic mass is 19.4. The predicted molar refractivity (Wildman–Crippen MR) is 26.0 cm³/mol. The Balaban J connectivity index is 2.53. The molecular weight excluding hydrogens is 131 g/mol. The van der Waals surface area contributed by atoms with Gasteiger partial charge < -0.3 is 0 Å². The van der Waals surface area contributed by atoms with Crippen LogP contribution in [-0.4, -0.2) is 18.8 Å². The van der Waals surface area contributed by atoms with E-state index in [1.165, 1.54) is 6.08 Å². The molecule has 0 aliphatic carbocycles. The summed E-state index contributed by atoms with van der Waals surface area (Å²) in [5.74, 6) is 0. The quantitative estimate of drug-likeness (QED) is 0.442. The van der Waals surface area contributed by atoms with Crippen LogP contribution in [0.3, 0.4) is 0 Å². The van der Waals surface area contributed by atoms with E-state index in [-0.39, 0.29) is 6.54 Å². The van der Waals surface area contributed by atoms with Crippen molar-refractivity contribution >= 4 is 0 Å². The molecule has 51 valence electrons. The van der Waals surface area contributed by atoms with E-state index >= 15 is 0 Å². The lowest BCUT2D eigenvalue weighted by atomic mass is 10.3. The van der Waals surface area contributed by atoms with E-state index < -0.39 is 12.2 Å². The molecule has 0 amide bonds. The topological polar surface area (TPSA) is 14.1 Å². The highest BCUT2D eigenvalue weighted by Gasteiger charge is 2.39. The maximum Gasteiger partial charge on any atom is 0.408 e. The van der Waals surface area contributed by atoms with Gasteiger partial charge in [-0.1, -0.05) is 12.2 Å². The molecule has 0 spiro atoms. The largest absolute Gasteiger partial charge is 0.408 e. The fourth-order valence-corrected chi connectivity index (χ4v) is 0.638. The van der Waals surface area contributed by atoms with Gasteiger partial charge in [0, 0.05) is 6.54 Å². The van der Waals surface area contributed by atoms with E-state index in [0.29, 0.717) is 0 Å². The van der Waals surface area contributed by atoms with E-state index in [2.05, 4.69) is 5.32 Å². The van der Waals surface area contributed by atoms with Crippen molar-refractivity contribution in [2.24, 2.45) is 0 Å². The van der Waals surface area contributed by atoms with Crippen LogP contribution in [0.25, 0.3) is 0 Å². The molecule has 1 heterocycles. The first-order valence-electron chi connectivity index (χ1n) is 2.50. The highest BCUT2D eigenvalue weighted by molar-refractivity contribution is 5.04. The van der Waals surface area contributed by atoms with E-state index in [1.807, 2.05) is 0 Å². The van der Waals surface area contributed by atoms with Gasteiger partial charge in [0.05, 0.1) is 0 Å². The maximum absolute atomic E-state index is 11.6. The molecule has 0 saturated carbocycles. The fourth-order valence-electron chi connectivity index (χ4n) is 0.638. The Morgan fingerprint density at radius 2 is 2.11 bits per heavy atom. The molecule has 9 heavy (non-hydrogen) atoms. The van der Waals surface area contributed by atoms with Gasteiger partial charge in [-0.2, -0.15) is 13.2 Å². The van der Waals surface area contributed by atoms with Crippen molar-refractivity contribution < 1.29 is 13.2 Å². The smallest absolute Gasteiger partial charge is 0.221 e. The van der Waals surface area contributed by atoms with Crippen LogP contribution >= 0.6 is 0 Å². The van der Waals surface area contributed by atoms with Crippen LogP contribution in [0.15, 0.2) is 12.2 Å². The van der Waals surface area contributed by atoms with Crippen molar-refractivity contribution in [2.75, 3.05) is 6.54 Å². The van der Waals surface area contributed by atoms with Gasteiger partial charge in [-0.05, 0) is 0 Å². The first-order chi connectivity index (χ1) is 4.11. The third-order valence-electron chi connectivity index (χ3n) is 1.06. The number of alkyl halides is 3. The maximum atomic E-state index is 11.6. The second-order valence-electron chi connectivity index (χ2n) is 1.78. The molecule has 4 heteroatoms. The van der Waals surface area contributed by atoms with Gasteiger partial charge in [0.15, 0.2) is 0 Å². The van der Waals surface area contributed by atoms with Crippen molar-refractivity contribution in [3.05, 3.63) is 12.2 Å². The third kappa shape index (κ3) is 1.45. The van der Waals surface area contributed by atoms with Gasteiger partial charge in [0.1, 0.15) is 6.04 Å². The fraction of sp³-hybridized carbons (Fsp3) is 0.600. The molecule has 0 aromatic rings. The third-order valence-corrected chi connectivity index (χ3v) is 1.06.